The molecule has 1 rings (SSSR count). The van der Waals surface area contributed by atoms with Crippen LogP contribution in [0.4, 0.5) is 8.78 Å². The maximum atomic E-state index is 13.1. The van der Waals surface area contributed by atoms with E-state index >= 15 is 0 Å². The third-order valence-electron chi connectivity index (χ3n) is 1.93. The highest BCUT2D eigenvalue weighted by Crippen LogP contribution is 2.22. The van der Waals surface area contributed by atoms with Crippen LogP contribution >= 0.6 is 0 Å². The van der Waals surface area contributed by atoms with Crippen molar-refractivity contribution in [2.45, 2.75) is 13.3 Å². The highest BCUT2D eigenvalue weighted by molar-refractivity contribution is 5.72. The van der Waals surface area contributed by atoms with Crippen molar-refractivity contribution in [2.75, 3.05) is 13.7 Å². The molecule has 0 aliphatic heterocycles. The van der Waals surface area contributed by atoms with Gasteiger partial charge in [0.1, 0.15) is 0 Å². The van der Waals surface area contributed by atoms with Crippen molar-refractivity contribution in [3.63, 3.8) is 0 Å². The predicted molar refractivity (Wildman–Crippen MR) is 53.2 cm³/mol. The van der Waals surface area contributed by atoms with E-state index < -0.39 is 17.6 Å². The van der Waals surface area contributed by atoms with Gasteiger partial charge in [-0.05, 0) is 24.6 Å². The highest BCUT2D eigenvalue weighted by atomic mass is 19.2. The largest absolute Gasteiger partial charge is 0.494 e. The lowest BCUT2D eigenvalue weighted by molar-refractivity contribution is -0.142. The van der Waals surface area contributed by atoms with Crippen molar-refractivity contribution < 1.29 is 23.0 Å². The van der Waals surface area contributed by atoms with Crippen LogP contribution in [0.15, 0.2) is 12.1 Å². The van der Waals surface area contributed by atoms with Gasteiger partial charge in [-0.1, -0.05) is 0 Å². The number of hydrogen-bond donors (Lipinski definition) is 0. The van der Waals surface area contributed by atoms with Gasteiger partial charge < -0.3 is 9.47 Å². The molecule has 0 fully saturated rings. The summed E-state index contributed by atoms with van der Waals surface area (Å²) in [6.07, 6.45) is -0.110. The third-order valence-corrected chi connectivity index (χ3v) is 1.93. The Bertz CT molecular complexity index is 391. The Kier molecular flexibility index (Phi) is 4.22. The van der Waals surface area contributed by atoms with Crippen LogP contribution in [0, 0.1) is 11.6 Å². The van der Waals surface area contributed by atoms with Gasteiger partial charge in [0.25, 0.3) is 0 Å². The third kappa shape index (κ3) is 2.92. The maximum absolute atomic E-state index is 13.1. The van der Waals surface area contributed by atoms with Crippen LogP contribution in [0.1, 0.15) is 12.5 Å². The Morgan fingerprint density at radius 3 is 2.62 bits per heavy atom. The lowest BCUT2D eigenvalue weighted by Crippen LogP contribution is -2.08. The summed E-state index contributed by atoms with van der Waals surface area (Å²) in [4.78, 5) is 11.1. The quantitative estimate of drug-likeness (QED) is 0.743. The molecule has 0 atom stereocenters. The lowest BCUT2D eigenvalue weighted by atomic mass is 10.1. The smallest absolute Gasteiger partial charge is 0.310 e. The van der Waals surface area contributed by atoms with Crippen molar-refractivity contribution in [1.29, 1.82) is 0 Å². The van der Waals surface area contributed by atoms with Gasteiger partial charge in [-0.25, -0.2) is 4.39 Å². The topological polar surface area (TPSA) is 35.5 Å². The summed E-state index contributed by atoms with van der Waals surface area (Å²) in [6, 6.07) is 2.23. The van der Waals surface area contributed by atoms with Gasteiger partial charge >= 0.3 is 5.97 Å². The molecule has 0 aliphatic rings. The summed E-state index contributed by atoms with van der Waals surface area (Å²) in [5.41, 5.74) is 0.314. The molecule has 88 valence electrons. The molecule has 1 aromatic carbocycles. The standard InChI is InChI=1S/C11H12F2O3/c1-3-16-10(14)6-7-4-8(12)11(13)9(5-7)15-2/h4-5H,3,6H2,1-2H3. The van der Waals surface area contributed by atoms with Crippen LogP contribution in [0.2, 0.25) is 0 Å². The second kappa shape index (κ2) is 5.44. The molecule has 0 amide bonds. The maximum Gasteiger partial charge on any atom is 0.310 e. The first-order chi connectivity index (χ1) is 7.58. The molecule has 5 heteroatoms. The van der Waals surface area contributed by atoms with E-state index in [1.165, 1.54) is 13.2 Å². The number of hydrogen-bond acceptors (Lipinski definition) is 3. The molecule has 1 aromatic rings. The van der Waals surface area contributed by atoms with E-state index in [9.17, 15) is 13.6 Å². The Morgan fingerprint density at radius 2 is 2.06 bits per heavy atom. The SMILES string of the molecule is CCOC(=O)Cc1cc(F)c(F)c(OC)c1. The molecule has 0 radical (unpaired) electrons. The average molecular weight is 230 g/mol. The van der Waals surface area contributed by atoms with E-state index in [1.807, 2.05) is 0 Å². The molecule has 0 heterocycles. The summed E-state index contributed by atoms with van der Waals surface area (Å²) in [5.74, 6) is -2.82. The number of ether oxygens (including phenoxy) is 2. The minimum atomic E-state index is -1.06. The number of rotatable bonds is 4. The van der Waals surface area contributed by atoms with Crippen molar-refractivity contribution in [2.24, 2.45) is 0 Å². The van der Waals surface area contributed by atoms with E-state index in [-0.39, 0.29) is 18.8 Å². The highest BCUT2D eigenvalue weighted by Gasteiger charge is 2.13. The van der Waals surface area contributed by atoms with Gasteiger partial charge in [-0.15, -0.1) is 0 Å². The Hall–Kier alpha value is -1.65. The number of carbonyl (C=O) groups excluding carboxylic acids is 1. The van der Waals surface area contributed by atoms with E-state index in [0.29, 0.717) is 5.56 Å². The fraction of sp³-hybridized carbons (Fsp3) is 0.364. The number of esters is 1. The van der Waals surface area contributed by atoms with Crippen LogP contribution in [0.3, 0.4) is 0 Å². The molecule has 0 saturated carbocycles. The molecule has 0 aliphatic carbocycles. The second-order valence-corrected chi connectivity index (χ2v) is 3.08. The summed E-state index contributed by atoms with van der Waals surface area (Å²) < 4.78 is 35.4. The fourth-order valence-corrected chi connectivity index (χ4v) is 1.25. The van der Waals surface area contributed by atoms with Gasteiger partial charge in [0.2, 0.25) is 5.82 Å². The molecule has 0 aromatic heterocycles. The second-order valence-electron chi connectivity index (χ2n) is 3.08. The lowest BCUT2D eigenvalue weighted by Gasteiger charge is -2.06. The molecular weight excluding hydrogens is 218 g/mol. The monoisotopic (exact) mass is 230 g/mol. The first-order valence-electron chi connectivity index (χ1n) is 4.76. The number of methoxy groups -OCH3 is 1. The number of halogens is 2. The molecule has 0 N–H and O–H groups in total. The van der Waals surface area contributed by atoms with Gasteiger partial charge in [0, 0.05) is 0 Å². The molecule has 0 spiro atoms. The predicted octanol–water partition coefficient (Wildman–Crippen LogP) is 2.08. The minimum Gasteiger partial charge on any atom is -0.494 e. The summed E-state index contributed by atoms with van der Waals surface area (Å²) in [6.45, 7) is 1.92. The molecular formula is C11H12F2O3. The zero-order valence-electron chi connectivity index (χ0n) is 9.05. The van der Waals surface area contributed by atoms with Crippen molar-refractivity contribution in [3.8, 4) is 5.75 Å². The Balaban J connectivity index is 2.89. The Morgan fingerprint density at radius 1 is 1.38 bits per heavy atom. The number of carbonyl (C=O) groups is 1. The van der Waals surface area contributed by atoms with E-state index in [2.05, 4.69) is 4.74 Å². The summed E-state index contributed by atoms with van der Waals surface area (Å²) in [5, 5.41) is 0. The fourth-order valence-electron chi connectivity index (χ4n) is 1.25. The van der Waals surface area contributed by atoms with Gasteiger partial charge in [0.05, 0.1) is 20.1 Å². The van der Waals surface area contributed by atoms with E-state index in [4.69, 9.17) is 4.74 Å². The van der Waals surface area contributed by atoms with Gasteiger partial charge in [-0.2, -0.15) is 4.39 Å². The number of benzene rings is 1. The molecule has 3 nitrogen and oxygen atoms in total. The van der Waals surface area contributed by atoms with Gasteiger partial charge in [0.15, 0.2) is 11.6 Å². The summed E-state index contributed by atoms with van der Waals surface area (Å²) in [7, 11) is 1.23. The Labute approximate surface area is 92.0 Å². The first-order valence-corrected chi connectivity index (χ1v) is 4.76. The molecule has 0 saturated heterocycles. The normalized spacial score (nSPS) is 10.0. The van der Waals surface area contributed by atoms with Gasteiger partial charge in [-0.3, -0.25) is 4.79 Å². The minimum absolute atomic E-state index is 0.110. The van der Waals surface area contributed by atoms with Crippen molar-refractivity contribution in [1.82, 2.24) is 0 Å². The van der Waals surface area contributed by atoms with Crippen molar-refractivity contribution >= 4 is 5.97 Å². The van der Waals surface area contributed by atoms with Crippen LogP contribution in [0.5, 0.6) is 5.75 Å². The van der Waals surface area contributed by atoms with Crippen LogP contribution < -0.4 is 4.74 Å². The van der Waals surface area contributed by atoms with E-state index in [0.717, 1.165) is 6.07 Å². The zero-order valence-corrected chi connectivity index (χ0v) is 9.05. The molecule has 16 heavy (non-hydrogen) atoms. The average Bonchev–Trinajstić information content (AvgIpc) is 2.23. The molecule has 0 unspecified atom stereocenters. The zero-order chi connectivity index (χ0) is 12.1. The first kappa shape index (κ1) is 12.4. The molecule has 0 bridgehead atoms. The van der Waals surface area contributed by atoms with Crippen LogP contribution in [-0.2, 0) is 16.0 Å². The van der Waals surface area contributed by atoms with Crippen molar-refractivity contribution in [3.05, 3.63) is 29.3 Å². The summed E-state index contributed by atoms with van der Waals surface area (Å²) >= 11 is 0. The van der Waals surface area contributed by atoms with Crippen LogP contribution in [-0.4, -0.2) is 19.7 Å². The van der Waals surface area contributed by atoms with Crippen LogP contribution in [0.25, 0.3) is 0 Å². The van der Waals surface area contributed by atoms with E-state index in [1.54, 1.807) is 6.92 Å².